The molecule has 0 aliphatic rings. The molecule has 0 fully saturated rings. The number of hydrogen-bond acceptors (Lipinski definition) is 1. The van der Waals surface area contributed by atoms with Gasteiger partial charge in [-0.05, 0) is 24.3 Å². The molecule has 1 aromatic carbocycles. The number of hydrogen-bond donors (Lipinski definition) is 0. The van der Waals surface area contributed by atoms with Crippen LogP contribution < -0.4 is 0 Å². The summed E-state index contributed by atoms with van der Waals surface area (Å²) in [5, 5.41) is 0. The van der Waals surface area contributed by atoms with Crippen LogP contribution in [0.1, 0.15) is 0 Å². The number of furan rings is 1. The average molecular weight is 179 g/mol. The van der Waals surface area contributed by atoms with Crippen LogP contribution in [0.3, 0.4) is 0 Å². The molecule has 0 spiro atoms. The van der Waals surface area contributed by atoms with E-state index < -0.39 is 11.6 Å². The van der Waals surface area contributed by atoms with Crippen molar-refractivity contribution in [1.29, 1.82) is 0 Å². The molecule has 0 bridgehead atoms. The van der Waals surface area contributed by atoms with E-state index >= 15 is 0 Å². The molecule has 2 aromatic rings. The minimum atomic E-state index is -0.887. The first-order valence-corrected chi connectivity index (χ1v) is 3.68. The summed E-state index contributed by atoms with van der Waals surface area (Å²) >= 11 is 0. The normalized spacial score (nSPS) is 10.3. The molecule has 0 amide bonds. The molecule has 0 unspecified atom stereocenters. The molecule has 65 valence electrons. The quantitative estimate of drug-likeness (QED) is 0.655. The first kappa shape index (κ1) is 7.98. The van der Waals surface area contributed by atoms with Gasteiger partial charge < -0.3 is 4.42 Å². The lowest BCUT2D eigenvalue weighted by atomic mass is 10.2. The Morgan fingerprint density at radius 2 is 2.00 bits per heavy atom. The van der Waals surface area contributed by atoms with E-state index in [9.17, 15) is 8.78 Å². The van der Waals surface area contributed by atoms with Crippen LogP contribution in [-0.2, 0) is 0 Å². The second-order valence-electron chi connectivity index (χ2n) is 2.52. The highest BCUT2D eigenvalue weighted by molar-refractivity contribution is 5.56. The fourth-order valence-corrected chi connectivity index (χ4v) is 1.03. The van der Waals surface area contributed by atoms with Crippen molar-refractivity contribution in [2.45, 2.75) is 0 Å². The zero-order chi connectivity index (χ0) is 9.26. The van der Waals surface area contributed by atoms with Crippen LogP contribution in [0.15, 0.2) is 34.9 Å². The second-order valence-corrected chi connectivity index (χ2v) is 2.52. The molecule has 0 saturated carbocycles. The number of halogens is 2. The Kier molecular flexibility index (Phi) is 1.85. The van der Waals surface area contributed by atoms with E-state index in [0.717, 1.165) is 12.1 Å². The van der Waals surface area contributed by atoms with Crippen molar-refractivity contribution in [2.75, 3.05) is 0 Å². The van der Waals surface area contributed by atoms with Crippen molar-refractivity contribution in [2.24, 2.45) is 0 Å². The minimum absolute atomic E-state index is 0.402. The largest absolute Gasteiger partial charge is 0.464 e. The highest BCUT2D eigenvalue weighted by atomic mass is 19.2. The first-order valence-electron chi connectivity index (χ1n) is 3.68. The molecule has 13 heavy (non-hydrogen) atoms. The molecule has 0 atom stereocenters. The van der Waals surface area contributed by atoms with Crippen LogP contribution in [0.25, 0.3) is 11.3 Å². The maximum absolute atomic E-state index is 12.7. The predicted octanol–water partition coefficient (Wildman–Crippen LogP) is 3.02. The third-order valence-corrected chi connectivity index (χ3v) is 1.65. The Balaban J connectivity index is 2.49. The summed E-state index contributed by atoms with van der Waals surface area (Å²) in [6, 6.07) is 7.88. The maximum Gasteiger partial charge on any atom is 0.159 e. The Morgan fingerprint density at radius 1 is 1.15 bits per heavy atom. The van der Waals surface area contributed by atoms with E-state index in [1.165, 1.54) is 12.3 Å². The van der Waals surface area contributed by atoms with Gasteiger partial charge in [0.05, 0.1) is 6.26 Å². The standard InChI is InChI=1S/C10H5F2O/c11-8-4-3-7(6-9(8)12)10-2-1-5-13-10/h1,3-6H. The van der Waals surface area contributed by atoms with Crippen LogP contribution in [0.4, 0.5) is 8.78 Å². The third-order valence-electron chi connectivity index (χ3n) is 1.65. The molecule has 3 heteroatoms. The lowest BCUT2D eigenvalue weighted by molar-refractivity contribution is 0.508. The second kappa shape index (κ2) is 3.01. The van der Waals surface area contributed by atoms with Gasteiger partial charge in [0.25, 0.3) is 0 Å². The lowest BCUT2D eigenvalue weighted by Crippen LogP contribution is -1.83. The lowest BCUT2D eigenvalue weighted by Gasteiger charge is -1.96. The summed E-state index contributed by atoms with van der Waals surface area (Å²) in [7, 11) is 0. The van der Waals surface area contributed by atoms with Gasteiger partial charge in [-0.1, -0.05) is 0 Å². The summed E-state index contributed by atoms with van der Waals surface area (Å²) in [5.74, 6) is -1.35. The Bertz CT molecular complexity index is 407. The van der Waals surface area contributed by atoms with Crippen LogP contribution in [0.2, 0.25) is 0 Å². The Hall–Kier alpha value is -1.64. The van der Waals surface area contributed by atoms with E-state index in [2.05, 4.69) is 6.07 Å². The topological polar surface area (TPSA) is 13.1 Å². The molecule has 1 aromatic heterocycles. The summed E-state index contributed by atoms with van der Waals surface area (Å²) in [6.07, 6.45) is 1.43. The molecular formula is C10H5F2O. The Labute approximate surface area is 73.6 Å². The van der Waals surface area contributed by atoms with Crippen molar-refractivity contribution in [3.05, 3.63) is 48.2 Å². The van der Waals surface area contributed by atoms with Gasteiger partial charge in [-0.15, -0.1) is 0 Å². The van der Waals surface area contributed by atoms with Crippen molar-refractivity contribution in [3.8, 4) is 11.3 Å². The van der Waals surface area contributed by atoms with Crippen LogP contribution >= 0.6 is 0 Å². The molecule has 0 aliphatic heterocycles. The molecule has 1 radical (unpaired) electrons. The molecule has 1 heterocycles. The molecule has 0 N–H and O–H groups in total. The van der Waals surface area contributed by atoms with E-state index in [1.807, 2.05) is 0 Å². The third kappa shape index (κ3) is 1.45. The van der Waals surface area contributed by atoms with Crippen LogP contribution in [0.5, 0.6) is 0 Å². The molecular weight excluding hydrogens is 174 g/mol. The summed E-state index contributed by atoms with van der Waals surface area (Å²) < 4.78 is 30.2. The van der Waals surface area contributed by atoms with Crippen LogP contribution in [-0.4, -0.2) is 0 Å². The van der Waals surface area contributed by atoms with Gasteiger partial charge in [-0.25, -0.2) is 8.78 Å². The van der Waals surface area contributed by atoms with E-state index in [-0.39, 0.29) is 0 Å². The Morgan fingerprint density at radius 3 is 2.62 bits per heavy atom. The molecule has 2 rings (SSSR count). The fraction of sp³-hybridized carbons (Fsp3) is 0. The van der Waals surface area contributed by atoms with E-state index in [4.69, 9.17) is 4.42 Å². The van der Waals surface area contributed by atoms with Gasteiger partial charge in [0, 0.05) is 11.6 Å². The van der Waals surface area contributed by atoms with E-state index in [1.54, 1.807) is 6.07 Å². The first-order chi connectivity index (χ1) is 6.27. The highest BCUT2D eigenvalue weighted by Crippen LogP contribution is 2.20. The van der Waals surface area contributed by atoms with Gasteiger partial charge in [-0.2, -0.15) is 0 Å². The SMILES string of the molecule is Fc1ccc(-c2[c]cco2)cc1F. The minimum Gasteiger partial charge on any atom is -0.464 e. The fourth-order valence-electron chi connectivity index (χ4n) is 1.03. The summed E-state index contributed by atoms with van der Waals surface area (Å²) in [5.41, 5.74) is 0.476. The van der Waals surface area contributed by atoms with Crippen molar-refractivity contribution >= 4 is 0 Å². The molecule has 0 aliphatic carbocycles. The van der Waals surface area contributed by atoms with Gasteiger partial charge in [0.2, 0.25) is 0 Å². The smallest absolute Gasteiger partial charge is 0.159 e. The zero-order valence-electron chi connectivity index (χ0n) is 6.55. The summed E-state index contributed by atoms with van der Waals surface area (Å²) in [4.78, 5) is 0. The van der Waals surface area contributed by atoms with Gasteiger partial charge in [-0.3, -0.25) is 0 Å². The summed E-state index contributed by atoms with van der Waals surface area (Å²) in [6.45, 7) is 0. The van der Waals surface area contributed by atoms with Crippen molar-refractivity contribution in [1.82, 2.24) is 0 Å². The van der Waals surface area contributed by atoms with Gasteiger partial charge >= 0.3 is 0 Å². The van der Waals surface area contributed by atoms with Gasteiger partial charge in [0.1, 0.15) is 5.76 Å². The monoisotopic (exact) mass is 179 g/mol. The zero-order valence-corrected chi connectivity index (χ0v) is 6.55. The van der Waals surface area contributed by atoms with Gasteiger partial charge in [0.15, 0.2) is 11.6 Å². The van der Waals surface area contributed by atoms with Crippen molar-refractivity contribution < 1.29 is 13.2 Å². The molecule has 0 saturated heterocycles. The average Bonchev–Trinajstić information content (AvgIpc) is 2.62. The highest BCUT2D eigenvalue weighted by Gasteiger charge is 2.05. The number of benzene rings is 1. The van der Waals surface area contributed by atoms with Crippen LogP contribution in [0, 0.1) is 17.7 Å². The van der Waals surface area contributed by atoms with Crippen molar-refractivity contribution in [3.63, 3.8) is 0 Å². The maximum atomic E-state index is 12.7. The predicted molar refractivity (Wildman–Crippen MR) is 42.9 cm³/mol. The number of rotatable bonds is 1. The van der Waals surface area contributed by atoms with E-state index in [0.29, 0.717) is 11.3 Å². The molecule has 1 nitrogen and oxygen atoms in total.